The number of hydrogen-bond donors (Lipinski definition) is 0. The molecular formula is C22H23NO6. The Bertz CT molecular complexity index is 1140. The molecule has 0 atom stereocenters. The Hall–Kier alpha value is -3.19. The van der Waals surface area contributed by atoms with Gasteiger partial charge in [0.15, 0.2) is 12.0 Å². The van der Waals surface area contributed by atoms with E-state index in [1.165, 1.54) is 0 Å². The van der Waals surface area contributed by atoms with E-state index in [0.717, 1.165) is 23.0 Å². The fourth-order valence-corrected chi connectivity index (χ4v) is 3.26. The van der Waals surface area contributed by atoms with Gasteiger partial charge in [-0.05, 0) is 39.0 Å². The molecule has 0 aliphatic rings. The average molecular weight is 397 g/mol. The fourth-order valence-electron chi connectivity index (χ4n) is 3.26. The molecule has 0 bridgehead atoms. The maximum absolute atomic E-state index is 12.5. The molecule has 0 fully saturated rings. The van der Waals surface area contributed by atoms with Gasteiger partial charge in [-0.1, -0.05) is 11.6 Å². The summed E-state index contributed by atoms with van der Waals surface area (Å²) in [7, 11) is 1.62. The predicted octanol–water partition coefficient (Wildman–Crippen LogP) is 3.21. The fraction of sp³-hybridized carbons (Fsp3) is 0.318. The van der Waals surface area contributed by atoms with Gasteiger partial charge < -0.3 is 18.5 Å². The van der Waals surface area contributed by atoms with Crippen molar-refractivity contribution < 1.29 is 23.5 Å². The molecular weight excluding hydrogens is 374 g/mol. The van der Waals surface area contributed by atoms with Crippen LogP contribution in [0.15, 0.2) is 39.5 Å². The lowest BCUT2D eigenvalue weighted by Gasteiger charge is -2.09. The van der Waals surface area contributed by atoms with Crippen LogP contribution < -0.4 is 5.43 Å². The molecule has 1 aromatic carbocycles. The molecule has 152 valence electrons. The van der Waals surface area contributed by atoms with Crippen LogP contribution in [0.4, 0.5) is 0 Å². The highest BCUT2D eigenvalue weighted by Gasteiger charge is 2.19. The number of hydrogen-bond acceptors (Lipinski definition) is 6. The number of nitrogens with zero attached hydrogens (tertiary/aromatic N) is 1. The smallest absolute Gasteiger partial charge is 0.374 e. The minimum atomic E-state index is -0.855. The Morgan fingerprint density at radius 2 is 1.86 bits per heavy atom. The number of ether oxygens (including phenoxy) is 2. The van der Waals surface area contributed by atoms with E-state index in [9.17, 15) is 14.4 Å². The first kappa shape index (κ1) is 20.5. The number of ketones is 1. The number of aromatic nitrogens is 1. The second-order valence-corrected chi connectivity index (χ2v) is 6.90. The van der Waals surface area contributed by atoms with Crippen LogP contribution in [0, 0.1) is 20.8 Å². The molecule has 2 aromatic heterocycles. The van der Waals surface area contributed by atoms with Crippen LogP contribution in [0.2, 0.25) is 0 Å². The highest BCUT2D eigenvalue weighted by Crippen LogP contribution is 2.17. The summed E-state index contributed by atoms with van der Waals surface area (Å²) in [6.07, 6.45) is 0. The third-order valence-corrected chi connectivity index (χ3v) is 4.81. The predicted molar refractivity (Wildman–Crippen MR) is 108 cm³/mol. The first-order chi connectivity index (χ1) is 13.8. The number of carbonyl (C=O) groups is 2. The van der Waals surface area contributed by atoms with Crippen molar-refractivity contribution in [3.05, 3.63) is 68.8 Å². The minimum absolute atomic E-state index is 0.232. The Morgan fingerprint density at radius 1 is 1.10 bits per heavy atom. The largest absolute Gasteiger partial charge is 0.451 e. The molecule has 7 heteroatoms. The second-order valence-electron chi connectivity index (χ2n) is 6.90. The maximum atomic E-state index is 12.5. The van der Waals surface area contributed by atoms with Crippen LogP contribution in [0.25, 0.3) is 11.0 Å². The number of methoxy groups -OCH3 is 1. The Kier molecular flexibility index (Phi) is 5.98. The molecule has 0 unspecified atom stereocenters. The third kappa shape index (κ3) is 4.30. The molecule has 29 heavy (non-hydrogen) atoms. The van der Waals surface area contributed by atoms with E-state index in [1.54, 1.807) is 31.4 Å². The Labute approximate surface area is 167 Å². The van der Waals surface area contributed by atoms with Crippen molar-refractivity contribution in [1.29, 1.82) is 0 Å². The molecule has 3 aromatic rings. The number of rotatable bonds is 7. The van der Waals surface area contributed by atoms with E-state index in [1.807, 2.05) is 25.3 Å². The number of carbonyl (C=O) groups excluding carboxylic acids is 2. The van der Waals surface area contributed by atoms with Crippen LogP contribution in [0.5, 0.6) is 0 Å². The summed E-state index contributed by atoms with van der Waals surface area (Å²) < 4.78 is 17.7. The summed E-state index contributed by atoms with van der Waals surface area (Å²) >= 11 is 0. The topological polar surface area (TPSA) is 87.7 Å². The van der Waals surface area contributed by atoms with Gasteiger partial charge >= 0.3 is 5.97 Å². The van der Waals surface area contributed by atoms with Gasteiger partial charge in [0.1, 0.15) is 5.58 Å². The molecule has 0 saturated carbocycles. The van der Waals surface area contributed by atoms with Gasteiger partial charge in [-0.3, -0.25) is 9.59 Å². The summed E-state index contributed by atoms with van der Waals surface area (Å²) in [6, 6.07) is 7.95. The van der Waals surface area contributed by atoms with Crippen LogP contribution in [0.3, 0.4) is 0 Å². The number of aryl methyl sites for hydroxylation is 2. The Morgan fingerprint density at radius 3 is 2.59 bits per heavy atom. The highest BCUT2D eigenvalue weighted by atomic mass is 16.5. The summed E-state index contributed by atoms with van der Waals surface area (Å²) in [5.41, 5.74) is 3.06. The standard InChI is InChI=1S/C22H23NO6/c1-13-5-6-20-17(9-13)18(24)11-21(29-20)22(26)28-12-19(25)16-10-14(2)23(15(16)3)7-8-27-4/h5-6,9-11H,7-8,12H2,1-4H3. The van der Waals surface area contributed by atoms with Gasteiger partial charge in [0.2, 0.25) is 11.5 Å². The van der Waals surface area contributed by atoms with Gasteiger partial charge in [0.05, 0.1) is 12.0 Å². The number of esters is 1. The number of fused-ring (bicyclic) bond motifs is 1. The first-order valence-corrected chi connectivity index (χ1v) is 9.22. The van der Waals surface area contributed by atoms with Crippen LogP contribution in [0.1, 0.15) is 37.9 Å². The first-order valence-electron chi connectivity index (χ1n) is 9.22. The van der Waals surface area contributed by atoms with Gasteiger partial charge in [-0.25, -0.2) is 4.79 Å². The average Bonchev–Trinajstić information content (AvgIpc) is 2.98. The molecule has 3 rings (SSSR count). The number of benzene rings is 1. The van der Waals surface area contributed by atoms with E-state index in [2.05, 4.69) is 0 Å². The summed E-state index contributed by atoms with van der Waals surface area (Å²) in [5, 5.41) is 0.390. The van der Waals surface area contributed by atoms with Crippen molar-refractivity contribution in [2.24, 2.45) is 0 Å². The zero-order valence-corrected chi connectivity index (χ0v) is 16.9. The normalized spacial score (nSPS) is 11.0. The van der Waals surface area contributed by atoms with Gasteiger partial charge in [-0.2, -0.15) is 0 Å². The van der Waals surface area contributed by atoms with Crippen molar-refractivity contribution in [3.63, 3.8) is 0 Å². The lowest BCUT2D eigenvalue weighted by molar-refractivity contribution is 0.0444. The molecule has 0 aliphatic carbocycles. The molecule has 7 nitrogen and oxygen atoms in total. The van der Waals surface area contributed by atoms with Crippen molar-refractivity contribution in [2.45, 2.75) is 27.3 Å². The molecule has 0 N–H and O–H groups in total. The zero-order chi connectivity index (χ0) is 21.1. The molecule has 0 spiro atoms. The molecule has 0 amide bonds. The van der Waals surface area contributed by atoms with Crippen molar-refractivity contribution in [1.82, 2.24) is 4.57 Å². The van der Waals surface area contributed by atoms with E-state index in [-0.39, 0.29) is 17.0 Å². The molecule has 0 radical (unpaired) electrons. The summed E-state index contributed by atoms with van der Waals surface area (Å²) in [5.74, 6) is -1.41. The zero-order valence-electron chi connectivity index (χ0n) is 16.9. The highest BCUT2D eigenvalue weighted by molar-refractivity contribution is 6.00. The van der Waals surface area contributed by atoms with Crippen LogP contribution >= 0.6 is 0 Å². The Balaban J connectivity index is 1.74. The maximum Gasteiger partial charge on any atom is 0.374 e. The van der Waals surface area contributed by atoms with E-state index < -0.39 is 12.6 Å². The third-order valence-electron chi connectivity index (χ3n) is 4.81. The summed E-state index contributed by atoms with van der Waals surface area (Å²) in [6.45, 7) is 6.31. The molecule has 0 aliphatic heterocycles. The van der Waals surface area contributed by atoms with Gasteiger partial charge in [-0.15, -0.1) is 0 Å². The number of Topliss-reactive ketones (excluding diaryl/α,β-unsaturated/α-hetero) is 1. The summed E-state index contributed by atoms with van der Waals surface area (Å²) in [4.78, 5) is 37.1. The van der Waals surface area contributed by atoms with E-state index in [4.69, 9.17) is 13.9 Å². The van der Waals surface area contributed by atoms with Gasteiger partial charge in [0, 0.05) is 36.7 Å². The van der Waals surface area contributed by atoms with Crippen LogP contribution in [-0.2, 0) is 16.0 Å². The van der Waals surface area contributed by atoms with Gasteiger partial charge in [0.25, 0.3) is 0 Å². The van der Waals surface area contributed by atoms with Crippen molar-refractivity contribution in [3.8, 4) is 0 Å². The second kappa shape index (κ2) is 8.45. The minimum Gasteiger partial charge on any atom is -0.451 e. The monoisotopic (exact) mass is 397 g/mol. The van der Waals surface area contributed by atoms with E-state index >= 15 is 0 Å². The van der Waals surface area contributed by atoms with E-state index in [0.29, 0.717) is 29.7 Å². The van der Waals surface area contributed by atoms with Crippen molar-refractivity contribution in [2.75, 3.05) is 20.3 Å². The lowest BCUT2D eigenvalue weighted by Crippen LogP contribution is -2.16. The SMILES string of the molecule is COCCn1c(C)cc(C(=O)COC(=O)c2cc(=O)c3cc(C)ccc3o2)c1C. The molecule has 2 heterocycles. The lowest BCUT2D eigenvalue weighted by atomic mass is 10.1. The molecule has 0 saturated heterocycles. The quantitative estimate of drug-likeness (QED) is 0.449. The van der Waals surface area contributed by atoms with Crippen molar-refractivity contribution >= 4 is 22.7 Å². The van der Waals surface area contributed by atoms with Crippen LogP contribution in [-0.4, -0.2) is 36.6 Å².